The average Bonchev–Trinajstić information content (AvgIpc) is 3.19. The Morgan fingerprint density at radius 3 is 2.71 bits per heavy atom. The number of benzene rings is 1. The number of nitrogens with one attached hydrogen (secondary N) is 1. The third-order valence-corrected chi connectivity index (χ3v) is 5.94. The van der Waals surface area contributed by atoms with Crippen molar-refractivity contribution < 1.29 is 24.1 Å². The maximum absolute atomic E-state index is 11.5. The first-order valence-corrected chi connectivity index (χ1v) is 10.8. The topological polar surface area (TPSA) is 103 Å². The van der Waals surface area contributed by atoms with Crippen LogP contribution in [0, 0.1) is 6.92 Å². The number of nitrogens with zero attached hydrogens (tertiary/aromatic N) is 2. The Morgan fingerprint density at radius 1 is 1.19 bits per heavy atom. The van der Waals surface area contributed by atoms with Gasteiger partial charge in [0, 0.05) is 18.7 Å². The summed E-state index contributed by atoms with van der Waals surface area (Å²) in [6.07, 6.45) is 2.26. The smallest absolute Gasteiger partial charge is 0.349 e. The summed E-state index contributed by atoms with van der Waals surface area (Å²) in [7, 11) is 0. The zero-order valence-corrected chi connectivity index (χ0v) is 18.1. The normalized spacial score (nSPS) is 12.5. The number of carboxylic acids is 1. The molecule has 0 spiro atoms. The van der Waals surface area contributed by atoms with Crippen LogP contribution in [0.2, 0.25) is 0 Å². The van der Waals surface area contributed by atoms with Gasteiger partial charge in [-0.2, -0.15) is 0 Å². The number of carbonyl (C=O) groups is 1. The lowest BCUT2D eigenvalue weighted by Gasteiger charge is -2.20. The highest BCUT2D eigenvalue weighted by molar-refractivity contribution is 7.17. The van der Waals surface area contributed by atoms with E-state index in [1.165, 1.54) is 11.9 Å². The third kappa shape index (κ3) is 4.72. The summed E-state index contributed by atoms with van der Waals surface area (Å²) in [6, 6.07) is 7.57. The van der Waals surface area contributed by atoms with Crippen molar-refractivity contribution in [3.05, 3.63) is 46.6 Å². The Balaban J connectivity index is 1.45. The fourth-order valence-electron chi connectivity index (χ4n) is 3.33. The molecule has 0 unspecified atom stereocenters. The van der Waals surface area contributed by atoms with Crippen molar-refractivity contribution in [3.63, 3.8) is 0 Å². The number of ether oxygens (including phenoxy) is 3. The first-order chi connectivity index (χ1) is 15.0. The van der Waals surface area contributed by atoms with Gasteiger partial charge in [0.1, 0.15) is 31.1 Å². The fraction of sp³-hybridized carbons (Fsp3) is 0.318. The van der Waals surface area contributed by atoms with E-state index < -0.39 is 5.97 Å². The van der Waals surface area contributed by atoms with Crippen molar-refractivity contribution in [3.8, 4) is 27.8 Å². The van der Waals surface area contributed by atoms with E-state index in [2.05, 4.69) is 22.2 Å². The second-order valence-electron chi connectivity index (χ2n) is 6.93. The molecule has 0 bridgehead atoms. The van der Waals surface area contributed by atoms with Crippen LogP contribution in [0.25, 0.3) is 10.6 Å². The van der Waals surface area contributed by atoms with Gasteiger partial charge in [-0.1, -0.05) is 0 Å². The van der Waals surface area contributed by atoms with Crippen molar-refractivity contribution in [2.75, 3.05) is 31.7 Å². The maximum atomic E-state index is 11.5. The number of thiophene rings is 1. The van der Waals surface area contributed by atoms with Crippen LogP contribution in [0.4, 0.5) is 5.82 Å². The van der Waals surface area contributed by atoms with E-state index in [-0.39, 0.29) is 4.88 Å². The Morgan fingerprint density at radius 2 is 1.97 bits per heavy atom. The van der Waals surface area contributed by atoms with E-state index in [1.54, 1.807) is 6.07 Å². The van der Waals surface area contributed by atoms with E-state index in [0.717, 1.165) is 34.8 Å². The molecule has 31 heavy (non-hydrogen) atoms. The lowest BCUT2D eigenvalue weighted by atomic mass is 10.0. The summed E-state index contributed by atoms with van der Waals surface area (Å²) in [6.45, 7) is 6.09. The van der Waals surface area contributed by atoms with Gasteiger partial charge in [0.05, 0.1) is 17.2 Å². The van der Waals surface area contributed by atoms with Crippen molar-refractivity contribution in [2.24, 2.45) is 0 Å². The minimum atomic E-state index is -1.01. The van der Waals surface area contributed by atoms with Crippen molar-refractivity contribution in [1.29, 1.82) is 0 Å². The molecule has 8 nitrogen and oxygen atoms in total. The van der Waals surface area contributed by atoms with Crippen LogP contribution in [0.1, 0.15) is 27.7 Å². The van der Waals surface area contributed by atoms with Gasteiger partial charge >= 0.3 is 5.97 Å². The van der Waals surface area contributed by atoms with E-state index in [1.807, 2.05) is 25.1 Å². The number of hydrogen-bond acceptors (Lipinski definition) is 8. The van der Waals surface area contributed by atoms with Gasteiger partial charge in [-0.15, -0.1) is 11.3 Å². The van der Waals surface area contributed by atoms with Gasteiger partial charge < -0.3 is 24.6 Å². The summed E-state index contributed by atoms with van der Waals surface area (Å²) in [5, 5.41) is 12.7. The average molecular weight is 442 g/mol. The molecule has 2 N–H and O–H groups in total. The van der Waals surface area contributed by atoms with Crippen LogP contribution in [-0.4, -0.2) is 47.4 Å². The Hall–Kier alpha value is -3.33. The van der Waals surface area contributed by atoms with Crippen LogP contribution in [-0.2, 0) is 6.42 Å². The second-order valence-corrected chi connectivity index (χ2v) is 7.98. The molecule has 1 aliphatic heterocycles. The maximum Gasteiger partial charge on any atom is 0.349 e. The van der Waals surface area contributed by atoms with E-state index in [4.69, 9.17) is 14.2 Å². The van der Waals surface area contributed by atoms with E-state index >= 15 is 0 Å². The fourth-order valence-corrected chi connectivity index (χ4v) is 4.24. The number of fused-ring (bicyclic) bond motifs is 1. The Labute approximate surface area is 183 Å². The molecule has 1 aliphatic rings. The van der Waals surface area contributed by atoms with Gasteiger partial charge in [-0.25, -0.2) is 14.8 Å². The lowest BCUT2D eigenvalue weighted by molar-refractivity contribution is 0.0698. The SMILES string of the molecule is CCOc1cc(-c2cc(NCCc3cc4c(cc3C)OCCO4)ncn2)sc1C(=O)O. The molecule has 0 saturated heterocycles. The molecule has 0 saturated carbocycles. The molecule has 162 valence electrons. The van der Waals surface area contributed by atoms with Crippen LogP contribution in [0.15, 0.2) is 30.6 Å². The Kier molecular flexibility index (Phi) is 6.22. The minimum Gasteiger partial charge on any atom is -0.492 e. The van der Waals surface area contributed by atoms with Gasteiger partial charge in [-0.05, 0) is 43.5 Å². The van der Waals surface area contributed by atoms with Crippen molar-refractivity contribution in [2.45, 2.75) is 20.3 Å². The van der Waals surface area contributed by atoms with Crippen molar-refractivity contribution >= 4 is 23.1 Å². The lowest BCUT2D eigenvalue weighted by Crippen LogP contribution is -2.16. The molecule has 1 aromatic carbocycles. The molecular weight excluding hydrogens is 418 g/mol. The molecular formula is C22H23N3O5S. The highest BCUT2D eigenvalue weighted by Crippen LogP contribution is 2.36. The molecule has 2 aromatic heterocycles. The predicted octanol–water partition coefficient (Wildman–Crippen LogP) is 4.04. The number of carboxylic acid groups (broad SMARTS) is 1. The molecule has 0 fully saturated rings. The summed E-state index contributed by atoms with van der Waals surface area (Å²) >= 11 is 1.14. The molecule has 0 radical (unpaired) electrons. The molecule has 3 heterocycles. The highest BCUT2D eigenvalue weighted by Gasteiger charge is 2.18. The molecule has 4 rings (SSSR count). The molecule has 0 aliphatic carbocycles. The van der Waals surface area contributed by atoms with E-state index in [0.29, 0.717) is 48.5 Å². The summed E-state index contributed by atoms with van der Waals surface area (Å²) in [4.78, 5) is 20.9. The number of aryl methyl sites for hydroxylation is 1. The summed E-state index contributed by atoms with van der Waals surface area (Å²) in [5.74, 6) is 1.60. The van der Waals surface area contributed by atoms with E-state index in [9.17, 15) is 9.90 Å². The number of aromatic nitrogens is 2. The zero-order chi connectivity index (χ0) is 21.8. The van der Waals surface area contributed by atoms with Crippen molar-refractivity contribution in [1.82, 2.24) is 9.97 Å². The van der Waals surface area contributed by atoms with Crippen LogP contribution in [0.5, 0.6) is 17.2 Å². The first kappa shape index (κ1) is 20.9. The summed E-state index contributed by atoms with van der Waals surface area (Å²) < 4.78 is 16.8. The first-order valence-electron chi connectivity index (χ1n) is 10.0. The van der Waals surface area contributed by atoms with Gasteiger partial charge in [-0.3, -0.25) is 0 Å². The number of anilines is 1. The molecule has 0 amide bonds. The minimum absolute atomic E-state index is 0.166. The quantitative estimate of drug-likeness (QED) is 0.540. The van der Waals surface area contributed by atoms with Gasteiger partial charge in [0.15, 0.2) is 16.4 Å². The number of hydrogen-bond donors (Lipinski definition) is 2. The predicted molar refractivity (Wildman–Crippen MR) is 118 cm³/mol. The highest BCUT2D eigenvalue weighted by atomic mass is 32.1. The standard InChI is InChI=1S/C22H23N3O5S/c1-3-28-18-11-19(31-21(18)22(26)27)15-10-20(25-12-24-15)23-5-4-14-9-17-16(8-13(14)2)29-6-7-30-17/h8-12H,3-7H2,1-2H3,(H,26,27)(H,23,24,25). The molecule has 3 aromatic rings. The third-order valence-electron chi connectivity index (χ3n) is 4.81. The largest absolute Gasteiger partial charge is 0.492 e. The van der Waals surface area contributed by atoms with Gasteiger partial charge in [0.2, 0.25) is 0 Å². The second kappa shape index (κ2) is 9.22. The zero-order valence-electron chi connectivity index (χ0n) is 17.3. The van der Waals surface area contributed by atoms with Crippen LogP contribution >= 0.6 is 11.3 Å². The van der Waals surface area contributed by atoms with Crippen LogP contribution in [0.3, 0.4) is 0 Å². The monoisotopic (exact) mass is 441 g/mol. The molecule has 0 atom stereocenters. The van der Waals surface area contributed by atoms with Crippen LogP contribution < -0.4 is 19.5 Å². The molecule has 9 heteroatoms. The Bertz CT molecular complexity index is 1100. The number of rotatable bonds is 8. The summed E-state index contributed by atoms with van der Waals surface area (Å²) in [5.41, 5.74) is 2.97. The van der Waals surface area contributed by atoms with Gasteiger partial charge in [0.25, 0.3) is 0 Å². The number of aromatic carboxylic acids is 1.